The maximum Gasteiger partial charge on any atom is 0.339 e. The molecule has 1 aliphatic rings. The van der Waals surface area contributed by atoms with Crippen LogP contribution in [0.3, 0.4) is 0 Å². The van der Waals surface area contributed by atoms with E-state index in [1.165, 1.54) is 25.8 Å². The SMILES string of the molecule is COC(=O)c1cnc(NC2CCCC(C)C2C)c([N+](=O)[O-])c1. The third-order valence-corrected chi connectivity index (χ3v) is 4.51. The summed E-state index contributed by atoms with van der Waals surface area (Å²) in [5.41, 5.74) is -0.127. The third kappa shape index (κ3) is 3.35. The monoisotopic (exact) mass is 307 g/mol. The summed E-state index contributed by atoms with van der Waals surface area (Å²) in [6, 6.07) is 1.36. The summed E-state index contributed by atoms with van der Waals surface area (Å²) in [6.45, 7) is 4.34. The van der Waals surface area contributed by atoms with E-state index in [0.29, 0.717) is 11.8 Å². The van der Waals surface area contributed by atoms with Gasteiger partial charge in [-0.1, -0.05) is 26.7 Å². The number of methoxy groups -OCH3 is 1. The third-order valence-electron chi connectivity index (χ3n) is 4.51. The first-order chi connectivity index (χ1) is 10.4. The van der Waals surface area contributed by atoms with Gasteiger partial charge in [0.2, 0.25) is 5.82 Å². The lowest BCUT2D eigenvalue weighted by atomic mass is 9.78. The second-order valence-electron chi connectivity index (χ2n) is 5.86. The lowest BCUT2D eigenvalue weighted by Crippen LogP contribution is -2.35. The highest BCUT2D eigenvalue weighted by Crippen LogP contribution is 2.33. The maximum atomic E-state index is 11.5. The smallest absolute Gasteiger partial charge is 0.339 e. The normalized spacial score (nSPS) is 24.6. The predicted molar refractivity (Wildman–Crippen MR) is 81.8 cm³/mol. The number of carbonyl (C=O) groups excluding carboxylic acids is 1. The number of nitro groups is 1. The first kappa shape index (κ1) is 16.2. The molecule has 1 heterocycles. The zero-order chi connectivity index (χ0) is 16.3. The van der Waals surface area contributed by atoms with Crippen LogP contribution < -0.4 is 5.32 Å². The highest BCUT2D eigenvalue weighted by Gasteiger charge is 2.29. The highest BCUT2D eigenvalue weighted by molar-refractivity contribution is 5.90. The zero-order valence-corrected chi connectivity index (χ0v) is 13.0. The topological polar surface area (TPSA) is 94.4 Å². The van der Waals surface area contributed by atoms with Crippen LogP contribution in [0, 0.1) is 22.0 Å². The molecule has 7 heteroatoms. The molecule has 1 aromatic rings. The van der Waals surface area contributed by atoms with Gasteiger partial charge in [0.05, 0.1) is 17.6 Å². The fraction of sp³-hybridized carbons (Fsp3) is 0.600. The molecule has 1 aromatic heterocycles. The predicted octanol–water partition coefficient (Wildman–Crippen LogP) is 3.01. The molecule has 0 bridgehead atoms. The van der Waals surface area contributed by atoms with Crippen molar-refractivity contribution in [3.8, 4) is 0 Å². The standard InChI is InChI=1S/C15H21N3O4/c1-9-5-4-6-12(10(9)2)17-14-13(18(20)21)7-11(8-16-14)15(19)22-3/h7-10,12H,4-6H2,1-3H3,(H,16,17). The quantitative estimate of drug-likeness (QED) is 0.522. The van der Waals surface area contributed by atoms with Crippen LogP contribution in [0.1, 0.15) is 43.5 Å². The Morgan fingerprint density at radius 3 is 2.82 bits per heavy atom. The molecule has 2 rings (SSSR count). The number of ether oxygens (including phenoxy) is 1. The van der Waals surface area contributed by atoms with Crippen molar-refractivity contribution in [3.63, 3.8) is 0 Å². The molecule has 3 atom stereocenters. The van der Waals surface area contributed by atoms with E-state index < -0.39 is 10.9 Å². The number of rotatable bonds is 4. The number of nitrogens with one attached hydrogen (secondary N) is 1. The van der Waals surface area contributed by atoms with Crippen molar-refractivity contribution in [1.29, 1.82) is 0 Å². The first-order valence-corrected chi connectivity index (χ1v) is 7.43. The molecule has 0 saturated heterocycles. The van der Waals surface area contributed by atoms with Crippen molar-refractivity contribution >= 4 is 17.5 Å². The molecule has 1 N–H and O–H groups in total. The van der Waals surface area contributed by atoms with Crippen LogP contribution in [-0.4, -0.2) is 29.0 Å². The molecule has 22 heavy (non-hydrogen) atoms. The van der Waals surface area contributed by atoms with Gasteiger partial charge in [-0.05, 0) is 18.3 Å². The van der Waals surface area contributed by atoms with Gasteiger partial charge in [0.1, 0.15) is 0 Å². The summed E-state index contributed by atoms with van der Waals surface area (Å²) in [5, 5.41) is 14.4. The number of nitrogens with zero attached hydrogens (tertiary/aromatic N) is 2. The van der Waals surface area contributed by atoms with Gasteiger partial charge >= 0.3 is 11.7 Å². The minimum Gasteiger partial charge on any atom is -0.465 e. The van der Waals surface area contributed by atoms with Gasteiger partial charge in [-0.15, -0.1) is 0 Å². The minimum absolute atomic E-state index is 0.0739. The van der Waals surface area contributed by atoms with E-state index in [4.69, 9.17) is 0 Å². The Labute approximate surface area is 129 Å². The van der Waals surface area contributed by atoms with Crippen LogP contribution in [0.4, 0.5) is 11.5 Å². The number of esters is 1. The Morgan fingerprint density at radius 1 is 1.45 bits per heavy atom. The molecule has 0 amide bonds. The largest absolute Gasteiger partial charge is 0.465 e. The Morgan fingerprint density at radius 2 is 2.18 bits per heavy atom. The summed E-state index contributed by atoms with van der Waals surface area (Å²) >= 11 is 0. The second kappa shape index (κ2) is 6.72. The van der Waals surface area contributed by atoms with Crippen molar-refractivity contribution in [1.82, 2.24) is 4.98 Å². The highest BCUT2D eigenvalue weighted by atomic mass is 16.6. The molecule has 3 unspecified atom stereocenters. The zero-order valence-electron chi connectivity index (χ0n) is 13.0. The van der Waals surface area contributed by atoms with Crippen LogP contribution in [0.15, 0.2) is 12.3 Å². The van der Waals surface area contributed by atoms with E-state index >= 15 is 0 Å². The van der Waals surface area contributed by atoms with Crippen molar-refractivity contribution in [3.05, 3.63) is 27.9 Å². The minimum atomic E-state index is -0.637. The van der Waals surface area contributed by atoms with Crippen LogP contribution >= 0.6 is 0 Å². The molecule has 0 radical (unpaired) electrons. The fourth-order valence-corrected chi connectivity index (χ4v) is 2.89. The van der Waals surface area contributed by atoms with Crippen molar-refractivity contribution in [2.75, 3.05) is 12.4 Å². The van der Waals surface area contributed by atoms with Gasteiger partial charge < -0.3 is 10.1 Å². The molecule has 1 saturated carbocycles. The van der Waals surface area contributed by atoms with Gasteiger partial charge in [-0.2, -0.15) is 0 Å². The van der Waals surface area contributed by atoms with E-state index in [1.54, 1.807) is 0 Å². The summed E-state index contributed by atoms with van der Waals surface area (Å²) in [4.78, 5) is 26.3. The van der Waals surface area contributed by atoms with Crippen molar-refractivity contribution < 1.29 is 14.5 Å². The number of anilines is 1. The van der Waals surface area contributed by atoms with Gasteiger partial charge in [0.25, 0.3) is 0 Å². The summed E-state index contributed by atoms with van der Waals surface area (Å²) < 4.78 is 4.57. The lowest BCUT2D eigenvalue weighted by molar-refractivity contribution is -0.384. The Kier molecular flexibility index (Phi) is 4.95. The Balaban J connectivity index is 2.26. The molecular weight excluding hydrogens is 286 g/mol. The average molecular weight is 307 g/mol. The van der Waals surface area contributed by atoms with Gasteiger partial charge in [0.15, 0.2) is 0 Å². The van der Waals surface area contributed by atoms with E-state index in [2.05, 4.69) is 28.9 Å². The van der Waals surface area contributed by atoms with E-state index in [9.17, 15) is 14.9 Å². The Hall–Kier alpha value is -2.18. The van der Waals surface area contributed by atoms with Crippen LogP contribution in [-0.2, 0) is 4.74 Å². The molecule has 1 aliphatic carbocycles. The van der Waals surface area contributed by atoms with E-state index in [1.807, 2.05) is 0 Å². The van der Waals surface area contributed by atoms with Crippen molar-refractivity contribution in [2.24, 2.45) is 11.8 Å². The number of hydrogen-bond donors (Lipinski definition) is 1. The Bertz CT molecular complexity index is 576. The van der Waals surface area contributed by atoms with Crippen LogP contribution in [0.2, 0.25) is 0 Å². The van der Waals surface area contributed by atoms with Crippen molar-refractivity contribution in [2.45, 2.75) is 39.2 Å². The molecular formula is C15H21N3O4. The van der Waals surface area contributed by atoms with E-state index in [-0.39, 0.29) is 23.1 Å². The van der Waals surface area contributed by atoms with Crippen LogP contribution in [0.5, 0.6) is 0 Å². The molecule has 0 spiro atoms. The molecule has 120 valence electrons. The summed E-state index contributed by atoms with van der Waals surface area (Å²) in [6.07, 6.45) is 4.54. The molecule has 0 aromatic carbocycles. The molecule has 1 fully saturated rings. The number of carbonyl (C=O) groups is 1. The van der Waals surface area contributed by atoms with E-state index in [0.717, 1.165) is 12.8 Å². The first-order valence-electron chi connectivity index (χ1n) is 7.43. The van der Waals surface area contributed by atoms with Gasteiger partial charge in [0, 0.05) is 18.3 Å². The van der Waals surface area contributed by atoms with Gasteiger partial charge in [-0.25, -0.2) is 9.78 Å². The molecule has 7 nitrogen and oxygen atoms in total. The van der Waals surface area contributed by atoms with Gasteiger partial charge in [-0.3, -0.25) is 10.1 Å². The summed E-state index contributed by atoms with van der Waals surface area (Å²) in [5.74, 6) is 0.556. The number of pyridine rings is 1. The fourth-order valence-electron chi connectivity index (χ4n) is 2.89. The maximum absolute atomic E-state index is 11.5. The average Bonchev–Trinajstić information content (AvgIpc) is 2.51. The number of hydrogen-bond acceptors (Lipinski definition) is 6. The number of aromatic nitrogens is 1. The molecule has 0 aliphatic heterocycles. The lowest BCUT2D eigenvalue weighted by Gasteiger charge is -2.34. The summed E-state index contributed by atoms with van der Waals surface area (Å²) in [7, 11) is 1.23. The second-order valence-corrected chi connectivity index (χ2v) is 5.86. The van der Waals surface area contributed by atoms with Crippen LogP contribution in [0.25, 0.3) is 0 Å².